The number of carbonyl (C=O) groups is 2. The fourth-order valence-electron chi connectivity index (χ4n) is 1.93. The lowest BCUT2D eigenvalue weighted by molar-refractivity contribution is -0.132. The van der Waals surface area contributed by atoms with Crippen molar-refractivity contribution >= 4 is 11.8 Å². The maximum atomic E-state index is 11.9. The summed E-state index contributed by atoms with van der Waals surface area (Å²) in [5, 5.41) is 0. The summed E-state index contributed by atoms with van der Waals surface area (Å²) in [7, 11) is 0. The number of nitrogens with one attached hydrogen (secondary N) is 2. The van der Waals surface area contributed by atoms with Crippen LogP contribution in [0.2, 0.25) is 0 Å². The molecule has 0 saturated heterocycles. The molecule has 1 atom stereocenters. The van der Waals surface area contributed by atoms with Crippen LogP contribution >= 0.6 is 0 Å². The minimum atomic E-state index is -0.684. The molecule has 122 valence electrons. The van der Waals surface area contributed by atoms with Gasteiger partial charge in [-0.15, -0.1) is 0 Å². The molecule has 0 aliphatic heterocycles. The van der Waals surface area contributed by atoms with Gasteiger partial charge in [-0.25, -0.2) is 0 Å². The second-order valence-corrected chi connectivity index (χ2v) is 5.45. The van der Waals surface area contributed by atoms with Gasteiger partial charge >= 0.3 is 0 Å². The van der Waals surface area contributed by atoms with Crippen LogP contribution in [0, 0.1) is 13.8 Å². The summed E-state index contributed by atoms with van der Waals surface area (Å²) >= 11 is 0. The molecule has 2 amide bonds. The van der Waals surface area contributed by atoms with Crippen LogP contribution in [-0.4, -0.2) is 17.9 Å². The maximum Gasteiger partial charge on any atom is 0.279 e. The second kappa shape index (κ2) is 9.07. The zero-order chi connectivity index (χ0) is 16.5. The number of rotatable bonds is 7. The molecule has 0 bridgehead atoms. The zero-order valence-electron chi connectivity index (χ0n) is 13.9. The quantitative estimate of drug-likeness (QED) is 0.601. The Bertz CT molecular complexity index is 515. The van der Waals surface area contributed by atoms with Crippen LogP contribution < -0.4 is 15.6 Å². The Morgan fingerprint density at radius 3 is 2.59 bits per heavy atom. The molecule has 1 aromatic rings. The normalized spacial score (nSPS) is 11.6. The Hall–Kier alpha value is -2.04. The average Bonchev–Trinajstić information content (AvgIpc) is 2.49. The van der Waals surface area contributed by atoms with Crippen LogP contribution in [0.4, 0.5) is 0 Å². The Morgan fingerprint density at radius 1 is 1.18 bits per heavy atom. The first-order valence-electron chi connectivity index (χ1n) is 7.77. The van der Waals surface area contributed by atoms with Gasteiger partial charge in [0, 0.05) is 6.42 Å². The van der Waals surface area contributed by atoms with Gasteiger partial charge in [-0.05, 0) is 44.4 Å². The molecule has 0 aliphatic carbocycles. The molecule has 22 heavy (non-hydrogen) atoms. The van der Waals surface area contributed by atoms with Crippen molar-refractivity contribution in [3.63, 3.8) is 0 Å². The van der Waals surface area contributed by atoms with Gasteiger partial charge in [0.15, 0.2) is 6.10 Å². The number of aryl methyl sites for hydroxylation is 1. The van der Waals surface area contributed by atoms with Crippen molar-refractivity contribution in [2.45, 2.75) is 59.5 Å². The summed E-state index contributed by atoms with van der Waals surface area (Å²) in [6, 6.07) is 5.71. The molecule has 5 nitrogen and oxygen atoms in total. The van der Waals surface area contributed by atoms with E-state index in [0.29, 0.717) is 12.2 Å². The Balaban J connectivity index is 2.42. The highest BCUT2D eigenvalue weighted by Gasteiger charge is 2.16. The molecule has 1 rings (SSSR count). The van der Waals surface area contributed by atoms with Gasteiger partial charge in [-0.1, -0.05) is 31.9 Å². The van der Waals surface area contributed by atoms with Crippen molar-refractivity contribution in [3.05, 3.63) is 29.3 Å². The van der Waals surface area contributed by atoms with E-state index >= 15 is 0 Å². The first-order valence-corrected chi connectivity index (χ1v) is 7.77. The van der Waals surface area contributed by atoms with Gasteiger partial charge in [-0.3, -0.25) is 20.4 Å². The van der Waals surface area contributed by atoms with E-state index in [0.717, 1.165) is 30.4 Å². The van der Waals surface area contributed by atoms with Crippen molar-refractivity contribution < 1.29 is 14.3 Å². The van der Waals surface area contributed by atoms with Gasteiger partial charge in [-0.2, -0.15) is 0 Å². The first-order chi connectivity index (χ1) is 10.5. The first kappa shape index (κ1) is 18.0. The van der Waals surface area contributed by atoms with Crippen molar-refractivity contribution in [2.75, 3.05) is 0 Å². The fraction of sp³-hybridized carbons (Fsp3) is 0.529. The smallest absolute Gasteiger partial charge is 0.279 e. The maximum absolute atomic E-state index is 11.9. The third kappa shape index (κ3) is 5.76. The zero-order valence-corrected chi connectivity index (χ0v) is 13.9. The van der Waals surface area contributed by atoms with E-state index in [1.807, 2.05) is 32.0 Å². The van der Waals surface area contributed by atoms with Crippen LogP contribution in [-0.2, 0) is 9.59 Å². The number of hydrogen-bond acceptors (Lipinski definition) is 3. The standard InChI is InChI=1S/C17H26N2O3/c1-5-6-7-11-16(20)18-19-17(21)14(4)22-15-10-8-9-12(2)13(15)3/h8-10,14H,5-7,11H2,1-4H3,(H,18,20)(H,19,21). The molecule has 0 saturated carbocycles. The van der Waals surface area contributed by atoms with Crippen LogP contribution in [0.5, 0.6) is 5.75 Å². The Kier molecular flexibility index (Phi) is 7.43. The number of carbonyl (C=O) groups excluding carboxylic acids is 2. The largest absolute Gasteiger partial charge is 0.481 e. The molecule has 5 heteroatoms. The number of benzene rings is 1. The predicted octanol–water partition coefficient (Wildman–Crippen LogP) is 2.80. The fourth-order valence-corrected chi connectivity index (χ4v) is 1.93. The molecule has 0 fully saturated rings. The lowest BCUT2D eigenvalue weighted by Crippen LogP contribution is -2.47. The van der Waals surface area contributed by atoms with Gasteiger partial charge in [0.2, 0.25) is 5.91 Å². The highest BCUT2D eigenvalue weighted by molar-refractivity contribution is 5.84. The van der Waals surface area contributed by atoms with E-state index < -0.39 is 6.10 Å². The summed E-state index contributed by atoms with van der Waals surface area (Å²) in [4.78, 5) is 23.5. The van der Waals surface area contributed by atoms with Gasteiger partial charge in [0.05, 0.1) is 0 Å². The van der Waals surface area contributed by atoms with E-state index in [2.05, 4.69) is 17.8 Å². The van der Waals surface area contributed by atoms with Crippen LogP contribution in [0.1, 0.15) is 50.7 Å². The Labute approximate surface area is 132 Å². The molecule has 1 aromatic carbocycles. The summed E-state index contributed by atoms with van der Waals surface area (Å²) < 4.78 is 5.66. The third-order valence-corrected chi connectivity index (χ3v) is 3.56. The van der Waals surface area contributed by atoms with Crippen LogP contribution in [0.3, 0.4) is 0 Å². The molecule has 0 aromatic heterocycles. The third-order valence-electron chi connectivity index (χ3n) is 3.56. The Morgan fingerprint density at radius 2 is 1.91 bits per heavy atom. The topological polar surface area (TPSA) is 67.4 Å². The summed E-state index contributed by atoms with van der Waals surface area (Å²) in [6.45, 7) is 7.67. The predicted molar refractivity (Wildman–Crippen MR) is 86.4 cm³/mol. The molecule has 0 aliphatic rings. The number of hydrazine groups is 1. The molecule has 2 N–H and O–H groups in total. The lowest BCUT2D eigenvalue weighted by atomic mass is 10.1. The average molecular weight is 306 g/mol. The minimum absolute atomic E-state index is 0.180. The SMILES string of the molecule is CCCCCC(=O)NNC(=O)C(C)Oc1cccc(C)c1C. The highest BCUT2D eigenvalue weighted by atomic mass is 16.5. The van der Waals surface area contributed by atoms with E-state index in [4.69, 9.17) is 4.74 Å². The number of unbranched alkanes of at least 4 members (excludes halogenated alkanes) is 2. The van der Waals surface area contributed by atoms with Crippen molar-refractivity contribution in [1.29, 1.82) is 0 Å². The summed E-state index contributed by atoms with van der Waals surface area (Å²) in [5.41, 5.74) is 6.93. The second-order valence-electron chi connectivity index (χ2n) is 5.45. The molecule has 0 radical (unpaired) electrons. The monoisotopic (exact) mass is 306 g/mol. The van der Waals surface area contributed by atoms with Crippen molar-refractivity contribution in [3.8, 4) is 5.75 Å². The van der Waals surface area contributed by atoms with Crippen molar-refractivity contribution in [1.82, 2.24) is 10.9 Å². The van der Waals surface area contributed by atoms with E-state index in [9.17, 15) is 9.59 Å². The van der Waals surface area contributed by atoms with E-state index in [1.165, 1.54) is 0 Å². The number of amides is 2. The molecular weight excluding hydrogens is 280 g/mol. The lowest BCUT2D eigenvalue weighted by Gasteiger charge is -2.17. The number of hydrogen-bond donors (Lipinski definition) is 2. The van der Waals surface area contributed by atoms with Crippen LogP contribution in [0.15, 0.2) is 18.2 Å². The minimum Gasteiger partial charge on any atom is -0.481 e. The van der Waals surface area contributed by atoms with E-state index in [1.54, 1.807) is 6.92 Å². The molecular formula is C17H26N2O3. The van der Waals surface area contributed by atoms with E-state index in [-0.39, 0.29) is 11.8 Å². The summed E-state index contributed by atoms with van der Waals surface area (Å²) in [6.07, 6.45) is 2.62. The molecule has 0 heterocycles. The van der Waals surface area contributed by atoms with Crippen LogP contribution in [0.25, 0.3) is 0 Å². The summed E-state index contributed by atoms with van der Waals surface area (Å²) in [5.74, 6) is 0.127. The van der Waals surface area contributed by atoms with Gasteiger partial charge in [0.25, 0.3) is 5.91 Å². The molecule has 0 spiro atoms. The number of ether oxygens (including phenoxy) is 1. The molecule has 1 unspecified atom stereocenters. The van der Waals surface area contributed by atoms with Crippen molar-refractivity contribution in [2.24, 2.45) is 0 Å². The van der Waals surface area contributed by atoms with Gasteiger partial charge < -0.3 is 4.74 Å². The van der Waals surface area contributed by atoms with Gasteiger partial charge in [0.1, 0.15) is 5.75 Å². The highest BCUT2D eigenvalue weighted by Crippen LogP contribution is 2.21.